The number of carboxylic acid groups (broad SMARTS) is 1. The lowest BCUT2D eigenvalue weighted by molar-refractivity contribution is -0.137. The lowest BCUT2D eigenvalue weighted by Crippen LogP contribution is -2.38. The van der Waals surface area contributed by atoms with E-state index in [4.69, 9.17) is 4.74 Å². The molecule has 1 heterocycles. The molecule has 5 aromatic rings. The molecule has 1 aromatic heterocycles. The predicted molar refractivity (Wildman–Crippen MR) is 172 cm³/mol. The molecule has 0 aliphatic carbocycles. The van der Waals surface area contributed by atoms with Crippen molar-refractivity contribution >= 4 is 46.3 Å². The van der Waals surface area contributed by atoms with Crippen molar-refractivity contribution in [3.8, 4) is 0 Å². The van der Waals surface area contributed by atoms with Crippen molar-refractivity contribution in [2.75, 3.05) is 23.8 Å². The first kappa shape index (κ1) is 30.6. The number of hydrogen-bond donors (Lipinski definition) is 1. The number of esters is 1. The van der Waals surface area contributed by atoms with Crippen LogP contribution in [-0.4, -0.2) is 51.4 Å². The molecule has 0 saturated carbocycles. The quantitative estimate of drug-likeness (QED) is 0.0909. The highest BCUT2D eigenvalue weighted by atomic mass is 32.2. The molecule has 0 radical (unpaired) electrons. The zero-order valence-corrected chi connectivity index (χ0v) is 25.2. The Hall–Kier alpha value is -4.89. The zero-order chi connectivity index (χ0) is 30.9. The molecule has 9 heteroatoms. The van der Waals surface area contributed by atoms with Gasteiger partial charge in [0.05, 0.1) is 34.8 Å². The largest absolute Gasteiger partial charge is 0.480 e. The Labute approximate surface area is 260 Å². The highest BCUT2D eigenvalue weighted by Gasteiger charge is 2.30. The fourth-order valence-corrected chi connectivity index (χ4v) is 6.14. The number of fused-ring (bicyclic) bond motifs is 1. The first-order valence-corrected chi connectivity index (χ1v) is 15.4. The van der Waals surface area contributed by atoms with E-state index >= 15 is 0 Å². The number of benzene rings is 4. The first-order chi connectivity index (χ1) is 21.5. The third-order valence-corrected chi connectivity index (χ3v) is 8.20. The molecule has 0 saturated heterocycles. The summed E-state index contributed by atoms with van der Waals surface area (Å²) in [6.45, 7) is 2.08. The standard InChI is InChI=1S/C35H33N3O5S/c1-2-43-34(42)27-18-9-11-20-29(27)37(33(41)32(25-14-5-3-6-15-25)26-16-7-4-8-17-26)22-13-23-44-35-36-28-19-10-12-21-30(28)38(35)24-31(39)40/h3-12,14-21,32H,2,13,22-24H2,1H3,(H,39,40). The van der Waals surface area contributed by atoms with Crippen LogP contribution in [0, 0.1) is 0 Å². The second kappa shape index (κ2) is 14.5. The summed E-state index contributed by atoms with van der Waals surface area (Å²) in [7, 11) is 0. The van der Waals surface area contributed by atoms with Gasteiger partial charge in [-0.05, 0) is 48.7 Å². The van der Waals surface area contributed by atoms with E-state index in [-0.39, 0.29) is 19.1 Å². The maximum Gasteiger partial charge on any atom is 0.340 e. The molecule has 4 aromatic carbocycles. The van der Waals surface area contributed by atoms with Crippen molar-refractivity contribution in [2.24, 2.45) is 0 Å². The summed E-state index contributed by atoms with van der Waals surface area (Å²) in [5.41, 5.74) is 3.98. The second-order valence-electron chi connectivity index (χ2n) is 10.0. The Morgan fingerprint density at radius 3 is 2.14 bits per heavy atom. The number of carbonyl (C=O) groups is 3. The molecule has 0 aliphatic rings. The van der Waals surface area contributed by atoms with E-state index in [0.717, 1.165) is 22.2 Å². The number of hydrogen-bond acceptors (Lipinski definition) is 6. The van der Waals surface area contributed by atoms with Crippen LogP contribution in [0.1, 0.15) is 40.7 Å². The molecule has 8 nitrogen and oxygen atoms in total. The maximum atomic E-state index is 14.6. The number of carbonyl (C=O) groups excluding carboxylic acids is 2. The van der Waals surface area contributed by atoms with Crippen LogP contribution < -0.4 is 4.90 Å². The fourth-order valence-electron chi connectivity index (χ4n) is 5.20. The number of thioether (sulfide) groups is 1. The zero-order valence-electron chi connectivity index (χ0n) is 24.3. The van der Waals surface area contributed by atoms with E-state index in [1.807, 2.05) is 84.9 Å². The van der Waals surface area contributed by atoms with Crippen LogP contribution in [0.5, 0.6) is 0 Å². The number of amides is 1. The molecule has 44 heavy (non-hydrogen) atoms. The van der Waals surface area contributed by atoms with Gasteiger partial charge in [-0.15, -0.1) is 0 Å². The monoisotopic (exact) mass is 607 g/mol. The van der Waals surface area contributed by atoms with Crippen molar-refractivity contribution in [1.82, 2.24) is 9.55 Å². The van der Waals surface area contributed by atoms with Gasteiger partial charge >= 0.3 is 11.9 Å². The molecule has 0 bridgehead atoms. The van der Waals surface area contributed by atoms with Crippen molar-refractivity contribution in [3.63, 3.8) is 0 Å². The van der Waals surface area contributed by atoms with E-state index in [1.54, 1.807) is 40.7 Å². The number of nitrogens with zero attached hydrogens (tertiary/aromatic N) is 3. The van der Waals surface area contributed by atoms with Crippen molar-refractivity contribution in [2.45, 2.75) is 31.0 Å². The van der Waals surface area contributed by atoms with E-state index < -0.39 is 17.9 Å². The van der Waals surface area contributed by atoms with E-state index in [1.165, 1.54) is 11.8 Å². The Bertz CT molecular complexity index is 1700. The maximum absolute atomic E-state index is 14.6. The fraction of sp³-hybridized carbons (Fsp3) is 0.200. The molecule has 0 atom stereocenters. The van der Waals surface area contributed by atoms with Gasteiger partial charge in [-0.3, -0.25) is 9.59 Å². The van der Waals surface area contributed by atoms with Crippen LogP contribution in [0.2, 0.25) is 0 Å². The van der Waals surface area contributed by atoms with Crippen molar-refractivity contribution in [3.05, 3.63) is 126 Å². The molecule has 1 N–H and O–H groups in total. The topological polar surface area (TPSA) is 102 Å². The molecule has 5 rings (SSSR count). The number of anilines is 1. The van der Waals surface area contributed by atoms with Gasteiger partial charge in [-0.2, -0.15) is 0 Å². The van der Waals surface area contributed by atoms with Gasteiger partial charge in [0.2, 0.25) is 5.91 Å². The summed E-state index contributed by atoms with van der Waals surface area (Å²) in [5, 5.41) is 10.1. The van der Waals surface area contributed by atoms with E-state index in [9.17, 15) is 19.5 Å². The van der Waals surface area contributed by atoms with Gasteiger partial charge in [-0.25, -0.2) is 9.78 Å². The lowest BCUT2D eigenvalue weighted by atomic mass is 9.89. The average Bonchev–Trinajstić information content (AvgIpc) is 3.38. The highest BCUT2D eigenvalue weighted by molar-refractivity contribution is 7.99. The van der Waals surface area contributed by atoms with Gasteiger partial charge in [-0.1, -0.05) is 96.7 Å². The van der Waals surface area contributed by atoms with Crippen LogP contribution in [0.3, 0.4) is 0 Å². The Kier molecular flexibility index (Phi) is 10.1. The smallest absolute Gasteiger partial charge is 0.340 e. The van der Waals surface area contributed by atoms with Crippen molar-refractivity contribution in [1.29, 1.82) is 0 Å². The minimum atomic E-state index is -0.949. The summed E-state index contributed by atoms with van der Waals surface area (Å²) in [6, 6.07) is 33.7. The van der Waals surface area contributed by atoms with Crippen LogP contribution >= 0.6 is 11.8 Å². The van der Waals surface area contributed by atoms with Crippen LogP contribution in [0.4, 0.5) is 5.69 Å². The highest BCUT2D eigenvalue weighted by Crippen LogP contribution is 2.32. The normalized spacial score (nSPS) is 11.0. The van der Waals surface area contributed by atoms with Crippen LogP contribution in [0.25, 0.3) is 11.0 Å². The predicted octanol–water partition coefficient (Wildman–Crippen LogP) is 6.65. The Balaban J connectivity index is 1.46. The molecule has 224 valence electrons. The number of imidazole rings is 1. The van der Waals surface area contributed by atoms with Gasteiger partial charge in [0, 0.05) is 12.3 Å². The third-order valence-electron chi connectivity index (χ3n) is 7.14. The minimum Gasteiger partial charge on any atom is -0.480 e. The summed E-state index contributed by atoms with van der Waals surface area (Å²) >= 11 is 1.44. The number of rotatable bonds is 13. The molecular formula is C35H33N3O5S. The minimum absolute atomic E-state index is 0.165. The summed E-state index contributed by atoms with van der Waals surface area (Å²) < 4.78 is 7.04. The van der Waals surface area contributed by atoms with Gasteiger partial charge < -0.3 is 19.3 Å². The van der Waals surface area contributed by atoms with Gasteiger partial charge in [0.15, 0.2) is 5.16 Å². The molecular weight excluding hydrogens is 574 g/mol. The average molecular weight is 608 g/mol. The number of para-hydroxylation sites is 3. The Morgan fingerprint density at radius 2 is 1.48 bits per heavy atom. The van der Waals surface area contributed by atoms with Crippen molar-refractivity contribution < 1.29 is 24.2 Å². The molecule has 0 unspecified atom stereocenters. The number of ether oxygens (including phenoxy) is 1. The van der Waals surface area contributed by atoms with Gasteiger partial charge in [0.25, 0.3) is 0 Å². The van der Waals surface area contributed by atoms with E-state index in [0.29, 0.717) is 35.1 Å². The van der Waals surface area contributed by atoms with Gasteiger partial charge in [0.1, 0.15) is 6.54 Å². The second-order valence-corrected chi connectivity index (χ2v) is 11.1. The Morgan fingerprint density at radius 1 is 0.864 bits per heavy atom. The first-order valence-electron chi connectivity index (χ1n) is 14.4. The SMILES string of the molecule is CCOC(=O)c1ccccc1N(CCCSc1nc2ccccc2n1CC(=O)O)C(=O)C(c1ccccc1)c1ccccc1. The number of carboxylic acids is 1. The number of aliphatic carboxylic acids is 1. The molecule has 1 amide bonds. The summed E-state index contributed by atoms with van der Waals surface area (Å²) in [6.07, 6.45) is 0.556. The summed E-state index contributed by atoms with van der Waals surface area (Å²) in [4.78, 5) is 45.6. The molecule has 0 aliphatic heterocycles. The van der Waals surface area contributed by atoms with E-state index in [2.05, 4.69) is 4.98 Å². The summed E-state index contributed by atoms with van der Waals surface area (Å²) in [5.74, 6) is -1.64. The lowest BCUT2D eigenvalue weighted by Gasteiger charge is -2.29. The third kappa shape index (κ3) is 7.01. The number of aromatic nitrogens is 2. The molecule has 0 fully saturated rings. The van der Waals surface area contributed by atoms with Crippen LogP contribution in [0.15, 0.2) is 114 Å². The van der Waals surface area contributed by atoms with Crippen LogP contribution in [-0.2, 0) is 20.9 Å². The molecule has 0 spiro atoms.